The average molecular weight is 305 g/mol. The molecule has 4 aromatic rings. The zero-order chi connectivity index (χ0) is 14.9. The van der Waals surface area contributed by atoms with Crippen molar-refractivity contribution in [3.8, 4) is 11.1 Å². The highest BCUT2D eigenvalue weighted by molar-refractivity contribution is 7.92. The number of hydrogen-bond acceptors (Lipinski definition) is 2. The molecule has 22 heavy (non-hydrogen) atoms. The molecule has 0 atom stereocenters. The van der Waals surface area contributed by atoms with Crippen molar-refractivity contribution in [2.75, 3.05) is 0 Å². The SMILES string of the molecule is O=S1(=O)c2ccccc2-c2c1ccc1c2[nH]c2ccccc21. The van der Waals surface area contributed by atoms with Gasteiger partial charge in [0.1, 0.15) is 0 Å². The summed E-state index contributed by atoms with van der Waals surface area (Å²) >= 11 is 0. The molecule has 0 bridgehead atoms. The first kappa shape index (κ1) is 12.0. The summed E-state index contributed by atoms with van der Waals surface area (Å²) in [6, 6.07) is 18.9. The van der Waals surface area contributed by atoms with Crippen LogP contribution in [0.3, 0.4) is 0 Å². The number of sulfone groups is 1. The van der Waals surface area contributed by atoms with Gasteiger partial charge in [-0.05, 0) is 18.2 Å². The molecule has 0 fully saturated rings. The second-order valence-corrected chi connectivity index (χ2v) is 7.42. The van der Waals surface area contributed by atoms with Crippen molar-refractivity contribution in [1.82, 2.24) is 4.98 Å². The Hall–Kier alpha value is -2.59. The second-order valence-electron chi connectivity index (χ2n) is 5.53. The van der Waals surface area contributed by atoms with E-state index in [9.17, 15) is 8.42 Å². The molecule has 2 heterocycles. The molecule has 0 saturated heterocycles. The lowest BCUT2D eigenvalue weighted by Gasteiger charge is -2.01. The average Bonchev–Trinajstić information content (AvgIpc) is 3.02. The van der Waals surface area contributed by atoms with Crippen molar-refractivity contribution in [3.05, 3.63) is 60.7 Å². The molecule has 0 aliphatic carbocycles. The summed E-state index contributed by atoms with van der Waals surface area (Å²) in [5.74, 6) is 0. The molecule has 0 radical (unpaired) electrons. The van der Waals surface area contributed by atoms with Gasteiger partial charge in [0.05, 0.1) is 15.3 Å². The van der Waals surface area contributed by atoms with Crippen LogP contribution >= 0.6 is 0 Å². The minimum Gasteiger partial charge on any atom is -0.354 e. The van der Waals surface area contributed by atoms with Gasteiger partial charge >= 0.3 is 0 Å². The van der Waals surface area contributed by atoms with Crippen molar-refractivity contribution >= 4 is 31.6 Å². The largest absolute Gasteiger partial charge is 0.354 e. The van der Waals surface area contributed by atoms with Crippen molar-refractivity contribution < 1.29 is 8.42 Å². The van der Waals surface area contributed by atoms with Crippen LogP contribution in [0.5, 0.6) is 0 Å². The number of nitrogens with one attached hydrogen (secondary N) is 1. The number of benzene rings is 3. The Morgan fingerprint density at radius 2 is 1.50 bits per heavy atom. The Morgan fingerprint density at radius 3 is 2.41 bits per heavy atom. The standard InChI is InChI=1S/C18H11NO2S/c20-22(21)15-8-4-2-6-13(15)17-16(22)10-9-12-11-5-1-3-7-14(11)19-18(12)17/h1-10,19H. The van der Waals surface area contributed by atoms with Gasteiger partial charge in [0.25, 0.3) is 0 Å². The highest BCUT2D eigenvalue weighted by Crippen LogP contribution is 2.47. The van der Waals surface area contributed by atoms with Gasteiger partial charge in [0, 0.05) is 27.4 Å². The molecule has 0 saturated carbocycles. The summed E-state index contributed by atoms with van der Waals surface area (Å²) in [7, 11) is -3.41. The van der Waals surface area contributed by atoms with E-state index in [-0.39, 0.29) is 0 Å². The second kappa shape index (κ2) is 3.78. The first-order valence-corrected chi connectivity index (χ1v) is 8.54. The van der Waals surface area contributed by atoms with Crippen molar-refractivity contribution in [3.63, 3.8) is 0 Å². The molecule has 0 spiro atoms. The van der Waals surface area contributed by atoms with Gasteiger partial charge in [-0.25, -0.2) is 8.42 Å². The van der Waals surface area contributed by atoms with E-state index in [1.807, 2.05) is 36.4 Å². The lowest BCUT2D eigenvalue weighted by atomic mass is 10.0. The van der Waals surface area contributed by atoms with E-state index >= 15 is 0 Å². The number of aromatic nitrogens is 1. The fraction of sp³-hybridized carbons (Fsp3) is 0. The topological polar surface area (TPSA) is 49.9 Å². The molecule has 4 heteroatoms. The number of aromatic amines is 1. The minimum atomic E-state index is -3.41. The van der Waals surface area contributed by atoms with E-state index in [4.69, 9.17) is 0 Å². The smallest absolute Gasteiger partial charge is 0.207 e. The number of H-pyrrole nitrogens is 1. The summed E-state index contributed by atoms with van der Waals surface area (Å²) in [6.07, 6.45) is 0. The number of hydrogen-bond donors (Lipinski definition) is 1. The predicted molar refractivity (Wildman–Crippen MR) is 86.7 cm³/mol. The van der Waals surface area contributed by atoms with Crippen LogP contribution in [-0.2, 0) is 9.84 Å². The normalized spacial score (nSPS) is 15.1. The fourth-order valence-corrected chi connectivity index (χ4v) is 5.10. The molecule has 1 aromatic heterocycles. The van der Waals surface area contributed by atoms with E-state index in [1.54, 1.807) is 18.2 Å². The van der Waals surface area contributed by atoms with E-state index in [0.717, 1.165) is 32.9 Å². The first-order valence-electron chi connectivity index (χ1n) is 7.06. The number of rotatable bonds is 0. The summed E-state index contributed by atoms with van der Waals surface area (Å²) in [4.78, 5) is 4.19. The number of fused-ring (bicyclic) bond motifs is 7. The van der Waals surface area contributed by atoms with Gasteiger partial charge in [0.15, 0.2) is 0 Å². The Bertz CT molecular complexity index is 1190. The Balaban J connectivity index is 2.07. The van der Waals surface area contributed by atoms with Gasteiger partial charge in [-0.3, -0.25) is 0 Å². The fourth-order valence-electron chi connectivity index (χ4n) is 3.42. The third kappa shape index (κ3) is 1.28. The third-order valence-corrected chi connectivity index (χ3v) is 6.23. The summed E-state index contributed by atoms with van der Waals surface area (Å²) in [5.41, 5.74) is 3.50. The molecule has 106 valence electrons. The summed E-state index contributed by atoms with van der Waals surface area (Å²) in [6.45, 7) is 0. The maximum atomic E-state index is 12.7. The van der Waals surface area contributed by atoms with Crippen molar-refractivity contribution in [2.45, 2.75) is 9.79 Å². The molecule has 1 N–H and O–H groups in total. The van der Waals surface area contributed by atoms with E-state index in [0.29, 0.717) is 9.79 Å². The third-order valence-electron chi connectivity index (χ3n) is 4.38. The predicted octanol–water partition coefficient (Wildman–Crippen LogP) is 4.13. The molecule has 1 aliphatic rings. The van der Waals surface area contributed by atoms with Crippen LogP contribution in [0.25, 0.3) is 32.9 Å². The maximum Gasteiger partial charge on any atom is 0.207 e. The number of para-hydroxylation sites is 1. The molecule has 0 amide bonds. The van der Waals surface area contributed by atoms with Gasteiger partial charge in [-0.2, -0.15) is 0 Å². The van der Waals surface area contributed by atoms with Gasteiger partial charge in [-0.15, -0.1) is 0 Å². The summed E-state index contributed by atoms with van der Waals surface area (Å²) in [5, 5.41) is 2.17. The van der Waals surface area contributed by atoms with Gasteiger partial charge < -0.3 is 4.98 Å². The van der Waals surface area contributed by atoms with Crippen LogP contribution in [0.15, 0.2) is 70.5 Å². The van der Waals surface area contributed by atoms with Crippen LogP contribution in [-0.4, -0.2) is 13.4 Å². The lowest BCUT2D eigenvalue weighted by Crippen LogP contribution is -1.95. The minimum absolute atomic E-state index is 0.396. The Morgan fingerprint density at radius 1 is 0.727 bits per heavy atom. The quantitative estimate of drug-likeness (QED) is 0.467. The zero-order valence-corrected chi connectivity index (χ0v) is 12.3. The monoisotopic (exact) mass is 305 g/mol. The van der Waals surface area contributed by atoms with Crippen LogP contribution in [0, 0.1) is 0 Å². The molecule has 3 nitrogen and oxygen atoms in total. The highest BCUT2D eigenvalue weighted by Gasteiger charge is 2.34. The zero-order valence-electron chi connectivity index (χ0n) is 11.5. The highest BCUT2D eigenvalue weighted by atomic mass is 32.2. The molecule has 1 aliphatic heterocycles. The van der Waals surface area contributed by atoms with Crippen LogP contribution < -0.4 is 0 Å². The van der Waals surface area contributed by atoms with E-state index in [2.05, 4.69) is 11.1 Å². The first-order chi connectivity index (χ1) is 10.7. The molecular weight excluding hydrogens is 294 g/mol. The molecular formula is C18H11NO2S. The molecule has 3 aromatic carbocycles. The Labute approximate surface area is 127 Å². The van der Waals surface area contributed by atoms with Gasteiger partial charge in [-0.1, -0.05) is 42.5 Å². The lowest BCUT2D eigenvalue weighted by molar-refractivity contribution is 0.599. The Kier molecular flexibility index (Phi) is 2.06. The van der Waals surface area contributed by atoms with Crippen LogP contribution in [0.4, 0.5) is 0 Å². The van der Waals surface area contributed by atoms with Crippen molar-refractivity contribution in [1.29, 1.82) is 0 Å². The van der Waals surface area contributed by atoms with Gasteiger partial charge in [0.2, 0.25) is 9.84 Å². The molecule has 5 rings (SSSR count). The molecule has 0 unspecified atom stereocenters. The van der Waals surface area contributed by atoms with Crippen molar-refractivity contribution in [2.24, 2.45) is 0 Å². The summed E-state index contributed by atoms with van der Waals surface area (Å²) < 4.78 is 25.4. The van der Waals surface area contributed by atoms with E-state index < -0.39 is 9.84 Å². The van der Waals surface area contributed by atoms with Crippen LogP contribution in [0.1, 0.15) is 0 Å². The maximum absolute atomic E-state index is 12.7. The van der Waals surface area contributed by atoms with E-state index in [1.165, 1.54) is 0 Å². The van der Waals surface area contributed by atoms with Crippen LogP contribution in [0.2, 0.25) is 0 Å².